The molecular weight excluding hydrogens is 381 g/mol. The predicted octanol–water partition coefficient (Wildman–Crippen LogP) is 6.04. The summed E-state index contributed by atoms with van der Waals surface area (Å²) in [5.41, 5.74) is 4.20. The van der Waals surface area contributed by atoms with E-state index in [9.17, 15) is 9.59 Å². The molecule has 0 atom stereocenters. The molecule has 0 bridgehead atoms. The molecule has 0 saturated carbocycles. The SMILES string of the molecule is O=C(Nc1ccc(-c2cccc(Cl)c2Cl)c2c1C(=O)CC2)c1ccccc1. The van der Waals surface area contributed by atoms with E-state index in [4.69, 9.17) is 23.2 Å². The number of Topliss-reactive ketones (excluding diaryl/α,β-unsaturated/α-hetero) is 1. The Labute approximate surface area is 166 Å². The highest BCUT2D eigenvalue weighted by atomic mass is 35.5. The molecule has 0 heterocycles. The van der Waals surface area contributed by atoms with Gasteiger partial charge in [-0.15, -0.1) is 0 Å². The van der Waals surface area contributed by atoms with E-state index in [1.165, 1.54) is 0 Å². The van der Waals surface area contributed by atoms with Crippen LogP contribution in [0.25, 0.3) is 11.1 Å². The smallest absolute Gasteiger partial charge is 0.255 e. The first-order valence-corrected chi connectivity index (χ1v) is 9.31. The summed E-state index contributed by atoms with van der Waals surface area (Å²) in [7, 11) is 0. The lowest BCUT2D eigenvalue weighted by Gasteiger charge is -2.15. The minimum absolute atomic E-state index is 0.0216. The quantitative estimate of drug-likeness (QED) is 0.587. The van der Waals surface area contributed by atoms with Crippen LogP contribution in [-0.2, 0) is 6.42 Å². The van der Waals surface area contributed by atoms with Crippen LogP contribution in [0.5, 0.6) is 0 Å². The monoisotopic (exact) mass is 395 g/mol. The molecule has 4 rings (SSSR count). The van der Waals surface area contributed by atoms with E-state index < -0.39 is 0 Å². The predicted molar refractivity (Wildman–Crippen MR) is 109 cm³/mol. The largest absolute Gasteiger partial charge is 0.321 e. The summed E-state index contributed by atoms with van der Waals surface area (Å²) in [6.45, 7) is 0. The fraction of sp³-hybridized carbons (Fsp3) is 0.0909. The second-order valence-corrected chi connectivity index (χ2v) is 7.14. The summed E-state index contributed by atoms with van der Waals surface area (Å²) < 4.78 is 0. The molecule has 0 aliphatic heterocycles. The average molecular weight is 396 g/mol. The topological polar surface area (TPSA) is 46.2 Å². The first kappa shape index (κ1) is 17.8. The van der Waals surface area contributed by atoms with Crippen LogP contribution in [0, 0.1) is 0 Å². The molecule has 1 N–H and O–H groups in total. The van der Waals surface area contributed by atoms with Crippen LogP contribution >= 0.6 is 23.2 Å². The molecule has 5 heteroatoms. The van der Waals surface area contributed by atoms with Crippen LogP contribution in [0.15, 0.2) is 60.7 Å². The number of nitrogens with one attached hydrogen (secondary N) is 1. The van der Waals surface area contributed by atoms with Gasteiger partial charge in [0, 0.05) is 23.1 Å². The molecule has 1 amide bonds. The van der Waals surface area contributed by atoms with Gasteiger partial charge in [0.25, 0.3) is 5.91 Å². The summed E-state index contributed by atoms with van der Waals surface area (Å²) in [5.74, 6) is -0.223. The van der Waals surface area contributed by atoms with Gasteiger partial charge in [-0.3, -0.25) is 9.59 Å². The number of fused-ring (bicyclic) bond motifs is 1. The molecule has 1 aliphatic rings. The Morgan fingerprint density at radius 3 is 2.41 bits per heavy atom. The molecule has 0 saturated heterocycles. The lowest BCUT2D eigenvalue weighted by molar-refractivity contribution is 0.0995. The van der Waals surface area contributed by atoms with Gasteiger partial charge in [-0.1, -0.05) is 59.6 Å². The first-order valence-electron chi connectivity index (χ1n) is 8.56. The van der Waals surface area contributed by atoms with Gasteiger partial charge in [-0.25, -0.2) is 0 Å². The molecule has 0 aromatic heterocycles. The van der Waals surface area contributed by atoms with E-state index >= 15 is 0 Å². The number of carbonyl (C=O) groups is 2. The van der Waals surface area contributed by atoms with Gasteiger partial charge in [0.2, 0.25) is 0 Å². The Kier molecular flexibility index (Phi) is 4.73. The minimum atomic E-state index is -0.244. The van der Waals surface area contributed by atoms with Gasteiger partial charge in [-0.2, -0.15) is 0 Å². The number of rotatable bonds is 3. The maximum absolute atomic E-state index is 12.5. The first-order chi connectivity index (χ1) is 13.1. The lowest BCUT2D eigenvalue weighted by Crippen LogP contribution is -2.14. The zero-order valence-corrected chi connectivity index (χ0v) is 15.8. The van der Waals surface area contributed by atoms with Crippen molar-refractivity contribution in [1.82, 2.24) is 0 Å². The van der Waals surface area contributed by atoms with Gasteiger partial charge in [0.1, 0.15) is 0 Å². The van der Waals surface area contributed by atoms with E-state index in [1.54, 1.807) is 36.4 Å². The zero-order valence-electron chi connectivity index (χ0n) is 14.3. The molecule has 134 valence electrons. The molecule has 27 heavy (non-hydrogen) atoms. The van der Waals surface area contributed by atoms with E-state index in [0.29, 0.717) is 39.7 Å². The summed E-state index contributed by atoms with van der Waals surface area (Å²) in [6.07, 6.45) is 1.03. The van der Waals surface area contributed by atoms with E-state index in [0.717, 1.165) is 16.7 Å². The fourth-order valence-corrected chi connectivity index (χ4v) is 3.84. The summed E-state index contributed by atoms with van der Waals surface area (Å²) in [4.78, 5) is 25.0. The van der Waals surface area contributed by atoms with Crippen LogP contribution in [0.1, 0.15) is 32.7 Å². The Balaban J connectivity index is 1.78. The molecule has 3 aromatic rings. The van der Waals surface area contributed by atoms with Crippen molar-refractivity contribution in [3.63, 3.8) is 0 Å². The second kappa shape index (κ2) is 7.18. The van der Waals surface area contributed by atoms with Gasteiger partial charge in [0.05, 0.1) is 15.7 Å². The van der Waals surface area contributed by atoms with Crippen LogP contribution in [0.2, 0.25) is 10.0 Å². The number of hydrogen-bond donors (Lipinski definition) is 1. The van der Waals surface area contributed by atoms with Crippen LogP contribution in [0.4, 0.5) is 5.69 Å². The summed E-state index contributed by atoms with van der Waals surface area (Å²) in [6, 6.07) is 18.0. The molecule has 0 unspecified atom stereocenters. The van der Waals surface area contributed by atoms with Crippen LogP contribution < -0.4 is 5.32 Å². The number of amides is 1. The van der Waals surface area contributed by atoms with Crippen LogP contribution in [-0.4, -0.2) is 11.7 Å². The fourth-order valence-electron chi connectivity index (χ4n) is 3.44. The number of ketones is 1. The number of hydrogen-bond acceptors (Lipinski definition) is 2. The number of anilines is 1. The molecule has 0 radical (unpaired) electrons. The lowest BCUT2D eigenvalue weighted by atomic mass is 9.95. The van der Waals surface area contributed by atoms with Gasteiger partial charge in [0.15, 0.2) is 5.78 Å². The third-order valence-electron chi connectivity index (χ3n) is 4.72. The number of benzene rings is 3. The Morgan fingerprint density at radius 1 is 0.852 bits per heavy atom. The Bertz CT molecular complexity index is 1060. The molecular formula is C22H15Cl2NO2. The van der Waals surface area contributed by atoms with E-state index in [1.807, 2.05) is 24.3 Å². The third kappa shape index (κ3) is 3.25. The summed E-state index contributed by atoms with van der Waals surface area (Å²) >= 11 is 12.5. The highest BCUT2D eigenvalue weighted by Crippen LogP contribution is 2.41. The third-order valence-corrected chi connectivity index (χ3v) is 5.54. The van der Waals surface area contributed by atoms with Crippen molar-refractivity contribution >= 4 is 40.6 Å². The number of halogens is 2. The number of carbonyl (C=O) groups excluding carboxylic acids is 2. The maximum atomic E-state index is 12.5. The Hall–Kier alpha value is -2.62. The molecule has 0 fully saturated rings. The van der Waals surface area contributed by atoms with Crippen molar-refractivity contribution in [2.75, 3.05) is 5.32 Å². The van der Waals surface area contributed by atoms with Crippen LogP contribution in [0.3, 0.4) is 0 Å². The van der Waals surface area contributed by atoms with Gasteiger partial charge >= 0.3 is 0 Å². The van der Waals surface area contributed by atoms with E-state index in [2.05, 4.69) is 5.32 Å². The average Bonchev–Trinajstić information content (AvgIpc) is 3.07. The van der Waals surface area contributed by atoms with Crippen molar-refractivity contribution < 1.29 is 9.59 Å². The van der Waals surface area contributed by atoms with Gasteiger partial charge in [-0.05, 0) is 41.8 Å². The highest BCUT2D eigenvalue weighted by Gasteiger charge is 2.27. The maximum Gasteiger partial charge on any atom is 0.255 e. The normalized spacial score (nSPS) is 12.7. The standard InChI is InChI=1S/C22H15Cl2NO2/c23-17-8-4-7-16(21(17)24)14-9-11-18(20-15(14)10-12-19(20)26)25-22(27)13-5-2-1-3-6-13/h1-9,11H,10,12H2,(H,25,27). The van der Waals surface area contributed by atoms with Crippen molar-refractivity contribution in [3.05, 3.63) is 87.4 Å². The Morgan fingerprint density at radius 2 is 1.63 bits per heavy atom. The second-order valence-electron chi connectivity index (χ2n) is 6.36. The summed E-state index contributed by atoms with van der Waals surface area (Å²) in [5, 5.41) is 3.80. The zero-order chi connectivity index (χ0) is 19.0. The van der Waals surface area contributed by atoms with Crippen molar-refractivity contribution in [2.45, 2.75) is 12.8 Å². The molecule has 0 spiro atoms. The van der Waals surface area contributed by atoms with Gasteiger partial charge < -0.3 is 5.32 Å². The molecule has 3 aromatic carbocycles. The highest BCUT2D eigenvalue weighted by molar-refractivity contribution is 6.43. The molecule has 3 nitrogen and oxygen atoms in total. The molecule has 1 aliphatic carbocycles. The van der Waals surface area contributed by atoms with E-state index in [-0.39, 0.29) is 11.7 Å². The van der Waals surface area contributed by atoms with Crippen molar-refractivity contribution in [2.24, 2.45) is 0 Å². The minimum Gasteiger partial charge on any atom is -0.321 e. The van der Waals surface area contributed by atoms with Crippen molar-refractivity contribution in [3.8, 4) is 11.1 Å². The van der Waals surface area contributed by atoms with Crippen molar-refractivity contribution in [1.29, 1.82) is 0 Å².